The minimum Gasteiger partial charge on any atom is -0.342 e. The van der Waals surface area contributed by atoms with Crippen molar-refractivity contribution in [1.29, 1.82) is 0 Å². The van der Waals surface area contributed by atoms with Crippen LogP contribution in [0.15, 0.2) is 71.2 Å². The molecule has 6 rings (SSSR count). The molecule has 0 unspecified atom stereocenters. The van der Waals surface area contributed by atoms with Crippen molar-refractivity contribution in [1.82, 2.24) is 14.5 Å². The van der Waals surface area contributed by atoms with E-state index in [2.05, 4.69) is 55.7 Å². The third kappa shape index (κ3) is 4.16. The van der Waals surface area contributed by atoms with E-state index < -0.39 is 0 Å². The van der Waals surface area contributed by atoms with Crippen molar-refractivity contribution in [2.24, 2.45) is 11.8 Å². The van der Waals surface area contributed by atoms with Crippen LogP contribution in [0.5, 0.6) is 0 Å². The Balaban J connectivity index is 1.32. The van der Waals surface area contributed by atoms with Crippen molar-refractivity contribution in [2.45, 2.75) is 25.8 Å². The molecule has 4 aromatic rings. The van der Waals surface area contributed by atoms with Gasteiger partial charge in [-0.3, -0.25) is 4.79 Å². The van der Waals surface area contributed by atoms with Crippen LogP contribution in [0, 0.1) is 17.7 Å². The zero-order chi connectivity index (χ0) is 23.2. The molecule has 1 saturated heterocycles. The standard InChI is InChI=1S/C28H25BrFN3O/c29-23-9-12-25-26(15-23)33(17-18-13-14-32(16-18)28(34)22-5-6-22)27(31-25)21-3-1-19(2-4-21)20-7-10-24(30)11-8-20/h1-4,7-12,15,18,22H,5-6,13-14,16-17H2/t18-/m0/s1. The van der Waals surface area contributed by atoms with E-state index in [1.165, 1.54) is 12.1 Å². The van der Waals surface area contributed by atoms with Crippen LogP contribution in [0.2, 0.25) is 0 Å². The monoisotopic (exact) mass is 517 g/mol. The third-order valence-corrected chi connectivity index (χ3v) is 7.49. The molecule has 1 aliphatic heterocycles. The van der Waals surface area contributed by atoms with E-state index in [4.69, 9.17) is 4.98 Å². The fourth-order valence-corrected chi connectivity index (χ4v) is 5.33. The molecule has 1 atom stereocenters. The molecule has 1 amide bonds. The fourth-order valence-electron chi connectivity index (χ4n) is 4.98. The van der Waals surface area contributed by atoms with Crippen LogP contribution in [-0.4, -0.2) is 33.4 Å². The normalized spacial score (nSPS) is 18.1. The highest BCUT2D eigenvalue weighted by atomic mass is 79.9. The number of hydrogen-bond donors (Lipinski definition) is 0. The van der Waals surface area contributed by atoms with Crippen molar-refractivity contribution in [3.63, 3.8) is 0 Å². The molecule has 34 heavy (non-hydrogen) atoms. The smallest absolute Gasteiger partial charge is 0.225 e. The van der Waals surface area contributed by atoms with E-state index in [1.807, 2.05) is 12.1 Å². The molecule has 6 heteroatoms. The van der Waals surface area contributed by atoms with Crippen LogP contribution in [0.3, 0.4) is 0 Å². The zero-order valence-electron chi connectivity index (χ0n) is 18.8. The highest BCUT2D eigenvalue weighted by Gasteiger charge is 2.36. The summed E-state index contributed by atoms with van der Waals surface area (Å²) in [6.45, 7) is 2.51. The number of aromatic nitrogens is 2. The molecule has 1 aliphatic carbocycles. The molecule has 2 fully saturated rings. The number of amides is 1. The number of carbonyl (C=O) groups excluding carboxylic acids is 1. The van der Waals surface area contributed by atoms with Crippen LogP contribution in [0.1, 0.15) is 19.3 Å². The molecule has 2 aliphatic rings. The predicted octanol–water partition coefficient (Wildman–Crippen LogP) is 6.53. The van der Waals surface area contributed by atoms with Crippen LogP contribution in [-0.2, 0) is 11.3 Å². The van der Waals surface area contributed by atoms with Crippen molar-refractivity contribution in [3.05, 3.63) is 77.0 Å². The first-order chi connectivity index (χ1) is 16.5. The SMILES string of the molecule is O=C(C1CC1)N1CC[C@H](Cn2c(-c3ccc(-c4ccc(F)cc4)cc3)nc3ccc(Br)cc32)C1. The lowest BCUT2D eigenvalue weighted by atomic mass is 10.0. The topological polar surface area (TPSA) is 38.1 Å². The summed E-state index contributed by atoms with van der Waals surface area (Å²) in [5.74, 6) is 1.74. The lowest BCUT2D eigenvalue weighted by Crippen LogP contribution is -2.30. The van der Waals surface area contributed by atoms with Gasteiger partial charge in [-0.25, -0.2) is 9.37 Å². The number of nitrogens with zero attached hydrogens (tertiary/aromatic N) is 3. The molecular weight excluding hydrogens is 493 g/mol. The van der Waals surface area contributed by atoms with Crippen LogP contribution in [0.4, 0.5) is 4.39 Å². The Morgan fingerprint density at radius 2 is 1.62 bits per heavy atom. The fraction of sp³-hybridized carbons (Fsp3) is 0.286. The van der Waals surface area contributed by atoms with Gasteiger partial charge in [0.1, 0.15) is 11.6 Å². The van der Waals surface area contributed by atoms with Crippen LogP contribution >= 0.6 is 15.9 Å². The van der Waals surface area contributed by atoms with Gasteiger partial charge in [0.15, 0.2) is 0 Å². The van der Waals surface area contributed by atoms with E-state index in [9.17, 15) is 9.18 Å². The maximum Gasteiger partial charge on any atom is 0.225 e. The number of imidazole rings is 1. The van der Waals surface area contributed by atoms with Gasteiger partial charge in [0.2, 0.25) is 5.91 Å². The highest BCUT2D eigenvalue weighted by Crippen LogP contribution is 2.34. The molecular formula is C28H25BrFN3O. The molecule has 172 valence electrons. The van der Waals surface area contributed by atoms with Gasteiger partial charge < -0.3 is 9.47 Å². The summed E-state index contributed by atoms with van der Waals surface area (Å²) in [6.07, 6.45) is 3.13. The van der Waals surface area contributed by atoms with Crippen LogP contribution in [0.25, 0.3) is 33.5 Å². The molecule has 3 aromatic carbocycles. The Labute approximate surface area is 206 Å². The third-order valence-electron chi connectivity index (χ3n) is 7.00. The summed E-state index contributed by atoms with van der Waals surface area (Å²) in [5.41, 5.74) is 5.13. The van der Waals surface area contributed by atoms with Gasteiger partial charge >= 0.3 is 0 Å². The average molecular weight is 518 g/mol. The first-order valence-corrected chi connectivity index (χ1v) is 12.7. The number of fused-ring (bicyclic) bond motifs is 1. The number of likely N-dealkylation sites (tertiary alicyclic amines) is 1. The quantitative estimate of drug-likeness (QED) is 0.301. The maximum atomic E-state index is 13.3. The summed E-state index contributed by atoms with van der Waals surface area (Å²) in [7, 11) is 0. The molecule has 0 bridgehead atoms. The first kappa shape index (κ1) is 21.5. The van der Waals surface area contributed by atoms with Gasteiger partial charge in [-0.05, 0) is 66.6 Å². The van der Waals surface area contributed by atoms with E-state index in [-0.39, 0.29) is 11.7 Å². The van der Waals surface area contributed by atoms with Gasteiger partial charge in [-0.15, -0.1) is 0 Å². The minimum absolute atomic E-state index is 0.232. The number of halogens is 2. The Morgan fingerprint density at radius 3 is 2.32 bits per heavy atom. The number of benzene rings is 3. The summed E-state index contributed by atoms with van der Waals surface area (Å²) in [4.78, 5) is 19.6. The van der Waals surface area contributed by atoms with Gasteiger partial charge in [-0.1, -0.05) is 52.3 Å². The van der Waals surface area contributed by atoms with E-state index in [0.29, 0.717) is 11.8 Å². The second-order valence-corrected chi connectivity index (χ2v) is 10.4. The Morgan fingerprint density at radius 1 is 0.941 bits per heavy atom. The van der Waals surface area contributed by atoms with Crippen molar-refractivity contribution < 1.29 is 9.18 Å². The van der Waals surface area contributed by atoms with Crippen LogP contribution < -0.4 is 0 Å². The van der Waals surface area contributed by atoms with E-state index in [1.54, 1.807) is 12.1 Å². The molecule has 4 nitrogen and oxygen atoms in total. The molecule has 1 aromatic heterocycles. The molecule has 1 saturated carbocycles. The maximum absolute atomic E-state index is 13.3. The predicted molar refractivity (Wildman–Crippen MR) is 136 cm³/mol. The molecule has 0 spiro atoms. The van der Waals surface area contributed by atoms with Crippen molar-refractivity contribution in [2.75, 3.05) is 13.1 Å². The van der Waals surface area contributed by atoms with Crippen molar-refractivity contribution in [3.8, 4) is 22.5 Å². The van der Waals surface area contributed by atoms with E-state index >= 15 is 0 Å². The number of hydrogen-bond acceptors (Lipinski definition) is 2. The van der Waals surface area contributed by atoms with E-state index in [0.717, 1.165) is 76.9 Å². The van der Waals surface area contributed by atoms with Gasteiger partial charge in [0.25, 0.3) is 0 Å². The Hall–Kier alpha value is -2.99. The Bertz CT molecular complexity index is 1360. The second-order valence-electron chi connectivity index (χ2n) is 9.48. The lowest BCUT2D eigenvalue weighted by molar-refractivity contribution is -0.131. The molecule has 0 radical (unpaired) electrons. The number of carbonyl (C=O) groups is 1. The molecule has 0 N–H and O–H groups in total. The summed E-state index contributed by atoms with van der Waals surface area (Å²) < 4.78 is 16.6. The van der Waals surface area contributed by atoms with Gasteiger partial charge in [-0.2, -0.15) is 0 Å². The minimum atomic E-state index is -0.232. The highest BCUT2D eigenvalue weighted by molar-refractivity contribution is 9.10. The van der Waals surface area contributed by atoms with Gasteiger partial charge in [0, 0.05) is 35.6 Å². The van der Waals surface area contributed by atoms with Gasteiger partial charge in [0.05, 0.1) is 11.0 Å². The average Bonchev–Trinajstić information content (AvgIpc) is 3.50. The van der Waals surface area contributed by atoms with Crippen molar-refractivity contribution >= 4 is 32.9 Å². The summed E-state index contributed by atoms with van der Waals surface area (Å²) in [5, 5.41) is 0. The number of rotatable bonds is 5. The summed E-state index contributed by atoms with van der Waals surface area (Å²) in [6, 6.07) is 21.1. The molecule has 2 heterocycles. The zero-order valence-corrected chi connectivity index (χ0v) is 20.3. The Kier molecular flexibility index (Phi) is 5.48. The lowest BCUT2D eigenvalue weighted by Gasteiger charge is -2.18. The first-order valence-electron chi connectivity index (χ1n) is 11.9. The largest absolute Gasteiger partial charge is 0.342 e. The second kappa shape index (κ2) is 8.66. The summed E-state index contributed by atoms with van der Waals surface area (Å²) >= 11 is 3.62.